The van der Waals surface area contributed by atoms with Gasteiger partial charge in [-0.2, -0.15) is 0 Å². The summed E-state index contributed by atoms with van der Waals surface area (Å²) in [7, 11) is 0. The predicted molar refractivity (Wildman–Crippen MR) is 61.4 cm³/mol. The van der Waals surface area contributed by atoms with Crippen molar-refractivity contribution >= 4 is 0 Å². The van der Waals surface area contributed by atoms with Gasteiger partial charge in [-0.05, 0) is 12.0 Å². The molecule has 2 atom stereocenters. The second-order valence-electron chi connectivity index (χ2n) is 5.52. The maximum Gasteiger partial charge on any atom is 0.0357 e. The maximum atomic E-state index is 6.29. The molecule has 2 N–H and O–H groups in total. The Balaban J connectivity index is 1.68. The van der Waals surface area contributed by atoms with E-state index < -0.39 is 0 Å². The van der Waals surface area contributed by atoms with E-state index >= 15 is 0 Å². The summed E-state index contributed by atoms with van der Waals surface area (Å²) in [6.07, 6.45) is 1.21. The first-order chi connectivity index (χ1) is 7.11. The van der Waals surface area contributed by atoms with Gasteiger partial charge in [0.2, 0.25) is 0 Å². The summed E-state index contributed by atoms with van der Waals surface area (Å²) in [5, 5.41) is 0. The fourth-order valence-corrected chi connectivity index (χ4v) is 3.01. The molecule has 1 aliphatic heterocycles. The van der Waals surface area contributed by atoms with E-state index in [1.165, 1.54) is 18.5 Å². The van der Waals surface area contributed by atoms with Crippen molar-refractivity contribution in [2.45, 2.75) is 25.4 Å². The molecule has 2 heteroatoms. The Bertz CT molecular complexity index is 359. The molecule has 0 unspecified atom stereocenters. The Hall–Kier alpha value is -0.860. The van der Waals surface area contributed by atoms with Gasteiger partial charge in [-0.25, -0.2) is 0 Å². The van der Waals surface area contributed by atoms with E-state index in [-0.39, 0.29) is 5.54 Å². The molecule has 15 heavy (non-hydrogen) atoms. The van der Waals surface area contributed by atoms with E-state index in [1.807, 2.05) is 0 Å². The highest BCUT2D eigenvalue weighted by Gasteiger charge is 2.66. The predicted octanol–water partition coefficient (Wildman–Crippen LogP) is 1.61. The average molecular weight is 202 g/mol. The van der Waals surface area contributed by atoms with Gasteiger partial charge in [0.05, 0.1) is 0 Å². The Morgan fingerprint density at radius 1 is 1.27 bits per heavy atom. The van der Waals surface area contributed by atoms with Crippen LogP contribution in [0.25, 0.3) is 0 Å². The smallest absolute Gasteiger partial charge is 0.0357 e. The van der Waals surface area contributed by atoms with Crippen LogP contribution in [-0.2, 0) is 6.54 Å². The van der Waals surface area contributed by atoms with Crippen molar-refractivity contribution in [3.8, 4) is 0 Å². The lowest BCUT2D eigenvalue weighted by atomic mass is 10.1. The quantitative estimate of drug-likeness (QED) is 0.789. The SMILES string of the molecule is C[C@]12CN(Cc3ccccc3)C[C@]1(N)C2. The zero-order valence-corrected chi connectivity index (χ0v) is 9.24. The summed E-state index contributed by atoms with van der Waals surface area (Å²) in [6.45, 7) is 5.60. The van der Waals surface area contributed by atoms with Crippen molar-refractivity contribution in [1.29, 1.82) is 0 Å². The normalized spacial score (nSPS) is 39.1. The number of likely N-dealkylation sites (tertiary alicyclic amines) is 1. The third-order valence-electron chi connectivity index (χ3n) is 4.11. The van der Waals surface area contributed by atoms with Crippen LogP contribution < -0.4 is 5.73 Å². The molecule has 2 aliphatic rings. The number of hydrogen-bond acceptors (Lipinski definition) is 2. The van der Waals surface area contributed by atoms with Gasteiger partial charge in [0.25, 0.3) is 0 Å². The summed E-state index contributed by atoms with van der Waals surface area (Å²) in [4.78, 5) is 2.48. The lowest BCUT2D eigenvalue weighted by Crippen LogP contribution is -2.33. The van der Waals surface area contributed by atoms with Crippen LogP contribution in [0.4, 0.5) is 0 Å². The number of nitrogens with two attached hydrogens (primary N) is 1. The first kappa shape index (κ1) is 9.37. The molecule has 0 aromatic heterocycles. The van der Waals surface area contributed by atoms with E-state index in [9.17, 15) is 0 Å². The Kier molecular flexibility index (Phi) is 1.77. The molecule has 1 saturated carbocycles. The Morgan fingerprint density at radius 2 is 2.00 bits per heavy atom. The van der Waals surface area contributed by atoms with Crippen molar-refractivity contribution in [3.05, 3.63) is 35.9 Å². The second-order valence-corrected chi connectivity index (χ2v) is 5.52. The zero-order chi connectivity index (χ0) is 10.5. The number of fused-ring (bicyclic) bond motifs is 1. The molecule has 1 saturated heterocycles. The molecule has 2 nitrogen and oxygen atoms in total. The second kappa shape index (κ2) is 2.83. The van der Waals surface area contributed by atoms with Crippen LogP contribution in [0.3, 0.4) is 0 Å². The first-order valence-corrected chi connectivity index (χ1v) is 5.67. The lowest BCUT2D eigenvalue weighted by Gasteiger charge is -2.19. The van der Waals surface area contributed by atoms with Crippen LogP contribution in [0.15, 0.2) is 30.3 Å². The Labute approximate surface area is 91.1 Å². The minimum absolute atomic E-state index is 0.127. The molecule has 80 valence electrons. The summed E-state index contributed by atoms with van der Waals surface area (Å²) < 4.78 is 0. The first-order valence-electron chi connectivity index (χ1n) is 5.67. The van der Waals surface area contributed by atoms with Gasteiger partial charge in [0.1, 0.15) is 0 Å². The Morgan fingerprint density at radius 3 is 2.60 bits per heavy atom. The topological polar surface area (TPSA) is 29.3 Å². The van der Waals surface area contributed by atoms with Gasteiger partial charge in [0.15, 0.2) is 0 Å². The zero-order valence-electron chi connectivity index (χ0n) is 9.24. The number of hydrogen-bond donors (Lipinski definition) is 1. The van der Waals surface area contributed by atoms with Crippen molar-refractivity contribution in [2.24, 2.45) is 11.1 Å². The fraction of sp³-hybridized carbons (Fsp3) is 0.538. The molecule has 1 aromatic carbocycles. The van der Waals surface area contributed by atoms with Crippen molar-refractivity contribution in [2.75, 3.05) is 13.1 Å². The van der Waals surface area contributed by atoms with Gasteiger partial charge in [-0.1, -0.05) is 37.3 Å². The number of rotatable bonds is 2. The van der Waals surface area contributed by atoms with E-state index in [0.29, 0.717) is 5.41 Å². The van der Waals surface area contributed by atoms with Crippen LogP contribution >= 0.6 is 0 Å². The summed E-state index contributed by atoms with van der Waals surface area (Å²) in [6, 6.07) is 10.7. The van der Waals surface area contributed by atoms with Crippen LogP contribution in [-0.4, -0.2) is 23.5 Å². The standard InChI is InChI=1S/C13H18N2/c1-12-8-13(12,14)10-15(9-12)7-11-5-3-2-4-6-11/h2-6H,7-10,14H2,1H3/t12-,13+/m0/s1. The van der Waals surface area contributed by atoms with E-state index in [0.717, 1.165) is 13.1 Å². The lowest BCUT2D eigenvalue weighted by molar-refractivity contribution is 0.275. The highest BCUT2D eigenvalue weighted by atomic mass is 15.2. The average Bonchev–Trinajstić information content (AvgIpc) is 2.58. The maximum absolute atomic E-state index is 6.29. The molecule has 1 heterocycles. The van der Waals surface area contributed by atoms with Crippen LogP contribution in [0.2, 0.25) is 0 Å². The van der Waals surface area contributed by atoms with Gasteiger partial charge >= 0.3 is 0 Å². The molecule has 0 radical (unpaired) electrons. The van der Waals surface area contributed by atoms with Gasteiger partial charge in [-0.15, -0.1) is 0 Å². The van der Waals surface area contributed by atoms with Crippen LogP contribution in [0.1, 0.15) is 18.9 Å². The summed E-state index contributed by atoms with van der Waals surface area (Å²) in [5.74, 6) is 0. The summed E-state index contributed by atoms with van der Waals surface area (Å²) >= 11 is 0. The molecule has 0 amide bonds. The van der Waals surface area contributed by atoms with E-state index in [1.54, 1.807) is 0 Å². The largest absolute Gasteiger partial charge is 0.323 e. The number of benzene rings is 1. The van der Waals surface area contributed by atoms with Gasteiger partial charge < -0.3 is 5.73 Å². The molecular formula is C13H18N2. The van der Waals surface area contributed by atoms with Crippen LogP contribution in [0.5, 0.6) is 0 Å². The third kappa shape index (κ3) is 1.40. The molecule has 0 bridgehead atoms. The van der Waals surface area contributed by atoms with Gasteiger partial charge in [-0.3, -0.25) is 4.90 Å². The third-order valence-corrected chi connectivity index (χ3v) is 4.11. The molecule has 1 aromatic rings. The monoisotopic (exact) mass is 202 g/mol. The minimum atomic E-state index is 0.127. The van der Waals surface area contributed by atoms with E-state index in [4.69, 9.17) is 5.73 Å². The summed E-state index contributed by atoms with van der Waals surface area (Å²) in [5.41, 5.74) is 8.21. The molecule has 1 aliphatic carbocycles. The minimum Gasteiger partial charge on any atom is -0.323 e. The molecular weight excluding hydrogens is 184 g/mol. The highest BCUT2D eigenvalue weighted by molar-refractivity contribution is 5.25. The number of nitrogens with zero attached hydrogens (tertiary/aromatic N) is 1. The van der Waals surface area contributed by atoms with Crippen LogP contribution in [0, 0.1) is 5.41 Å². The van der Waals surface area contributed by atoms with Crippen molar-refractivity contribution in [3.63, 3.8) is 0 Å². The van der Waals surface area contributed by atoms with Gasteiger partial charge in [0, 0.05) is 30.6 Å². The van der Waals surface area contributed by atoms with Crippen molar-refractivity contribution in [1.82, 2.24) is 4.90 Å². The molecule has 3 rings (SSSR count). The molecule has 2 fully saturated rings. The molecule has 0 spiro atoms. The van der Waals surface area contributed by atoms with Crippen molar-refractivity contribution < 1.29 is 0 Å². The highest BCUT2D eigenvalue weighted by Crippen LogP contribution is 2.59. The number of piperidine rings is 1. The fourth-order valence-electron chi connectivity index (χ4n) is 3.01. The van der Waals surface area contributed by atoms with E-state index in [2.05, 4.69) is 42.2 Å².